The van der Waals surface area contributed by atoms with E-state index >= 15 is 0 Å². The number of fused-ring (bicyclic) bond motifs is 1. The predicted octanol–water partition coefficient (Wildman–Crippen LogP) is 3.75. The molecule has 5 rings (SSSR count). The van der Waals surface area contributed by atoms with Gasteiger partial charge in [-0.1, -0.05) is 29.8 Å². The third-order valence-electron chi connectivity index (χ3n) is 6.04. The van der Waals surface area contributed by atoms with Crippen LogP contribution in [0.3, 0.4) is 0 Å². The van der Waals surface area contributed by atoms with E-state index in [2.05, 4.69) is 16.0 Å². The van der Waals surface area contributed by atoms with Crippen molar-refractivity contribution >= 4 is 34.4 Å². The summed E-state index contributed by atoms with van der Waals surface area (Å²) in [5.41, 5.74) is 8.64. The molecule has 1 atom stereocenters. The molecule has 162 valence electrons. The summed E-state index contributed by atoms with van der Waals surface area (Å²) in [6, 6.07) is 9.40. The number of carbonyl (C=O) groups is 1. The van der Waals surface area contributed by atoms with Gasteiger partial charge in [-0.2, -0.15) is 10.4 Å². The lowest BCUT2D eigenvalue weighted by atomic mass is 10.0. The zero-order chi connectivity index (χ0) is 22.2. The Bertz CT molecular complexity index is 1250. The first-order valence-corrected chi connectivity index (χ1v) is 11.1. The second-order valence-corrected chi connectivity index (χ2v) is 8.77. The summed E-state index contributed by atoms with van der Waals surface area (Å²) < 4.78 is 1.85. The van der Waals surface area contributed by atoms with Gasteiger partial charge in [-0.3, -0.25) is 4.79 Å². The number of nitrogens with two attached hydrogens (primary N) is 1. The van der Waals surface area contributed by atoms with Crippen molar-refractivity contribution in [1.82, 2.24) is 24.6 Å². The van der Waals surface area contributed by atoms with Gasteiger partial charge in [-0.15, -0.1) is 0 Å². The molecular weight excluding hydrogens is 426 g/mol. The number of halogens is 1. The Morgan fingerprint density at radius 1 is 1.22 bits per heavy atom. The molecule has 0 bridgehead atoms. The minimum absolute atomic E-state index is 0.0774. The molecule has 1 aromatic carbocycles. The van der Waals surface area contributed by atoms with Gasteiger partial charge in [0.05, 0.1) is 11.4 Å². The van der Waals surface area contributed by atoms with E-state index < -0.39 is 0 Å². The number of piperidine rings is 1. The monoisotopic (exact) mass is 447 g/mol. The number of amides is 1. The van der Waals surface area contributed by atoms with Crippen LogP contribution < -0.4 is 5.73 Å². The van der Waals surface area contributed by atoms with Gasteiger partial charge in [0.15, 0.2) is 5.65 Å². The van der Waals surface area contributed by atoms with Crippen LogP contribution in [0.5, 0.6) is 0 Å². The second kappa shape index (κ2) is 8.24. The van der Waals surface area contributed by atoms with E-state index in [4.69, 9.17) is 22.4 Å². The fourth-order valence-corrected chi connectivity index (χ4v) is 4.35. The van der Waals surface area contributed by atoms with Crippen LogP contribution in [0, 0.1) is 17.2 Å². The van der Waals surface area contributed by atoms with Crippen LogP contribution in [0.4, 0.5) is 5.82 Å². The van der Waals surface area contributed by atoms with Gasteiger partial charge in [0.1, 0.15) is 29.5 Å². The Balaban J connectivity index is 1.50. The first-order valence-electron chi connectivity index (χ1n) is 10.7. The predicted molar refractivity (Wildman–Crippen MR) is 121 cm³/mol. The summed E-state index contributed by atoms with van der Waals surface area (Å²) >= 11 is 6.05. The average Bonchev–Trinajstić information content (AvgIpc) is 3.55. The highest BCUT2D eigenvalue weighted by atomic mass is 35.5. The number of nitrogen functional groups attached to an aromatic ring is 1. The summed E-state index contributed by atoms with van der Waals surface area (Å²) in [7, 11) is 0. The lowest BCUT2D eigenvalue weighted by Crippen LogP contribution is -2.41. The number of allylic oxidation sites excluding steroid dienone is 1. The molecule has 2 aromatic heterocycles. The number of hydrogen-bond acceptors (Lipinski definition) is 6. The van der Waals surface area contributed by atoms with Crippen molar-refractivity contribution in [3.8, 4) is 17.3 Å². The summed E-state index contributed by atoms with van der Waals surface area (Å²) in [4.78, 5) is 23.4. The molecule has 0 spiro atoms. The van der Waals surface area contributed by atoms with E-state index in [-0.39, 0.29) is 17.5 Å². The van der Waals surface area contributed by atoms with Crippen LogP contribution in [0.2, 0.25) is 5.02 Å². The normalized spacial score (nSPS) is 19.2. The molecule has 1 aliphatic heterocycles. The number of hydrogen-bond donors (Lipinski definition) is 1. The van der Waals surface area contributed by atoms with Crippen LogP contribution >= 0.6 is 11.6 Å². The number of benzene rings is 1. The smallest absolute Gasteiger partial charge is 0.264 e. The molecule has 1 amide bonds. The summed E-state index contributed by atoms with van der Waals surface area (Å²) in [5, 5.41) is 15.7. The van der Waals surface area contributed by atoms with Gasteiger partial charge in [0, 0.05) is 23.7 Å². The Kier molecular flexibility index (Phi) is 5.27. The first-order chi connectivity index (χ1) is 15.5. The molecule has 9 heteroatoms. The molecule has 1 saturated carbocycles. The van der Waals surface area contributed by atoms with Crippen molar-refractivity contribution < 1.29 is 4.79 Å². The third kappa shape index (κ3) is 3.80. The number of aromatic nitrogens is 4. The fourth-order valence-electron chi connectivity index (χ4n) is 4.22. The fraction of sp³-hybridized carbons (Fsp3) is 0.348. The van der Waals surface area contributed by atoms with Crippen LogP contribution in [0.15, 0.2) is 42.2 Å². The Morgan fingerprint density at radius 3 is 2.72 bits per heavy atom. The lowest BCUT2D eigenvalue weighted by Gasteiger charge is -2.32. The molecule has 32 heavy (non-hydrogen) atoms. The van der Waals surface area contributed by atoms with Crippen LogP contribution in [-0.4, -0.2) is 43.6 Å². The van der Waals surface area contributed by atoms with Gasteiger partial charge >= 0.3 is 0 Å². The summed E-state index contributed by atoms with van der Waals surface area (Å²) in [6.45, 7) is 1.09. The molecule has 2 N–H and O–H groups in total. The van der Waals surface area contributed by atoms with Crippen LogP contribution in [0.25, 0.3) is 22.3 Å². The van der Waals surface area contributed by atoms with Gasteiger partial charge < -0.3 is 10.6 Å². The van der Waals surface area contributed by atoms with Gasteiger partial charge in [0.2, 0.25) is 0 Å². The molecule has 1 aliphatic carbocycles. The number of nitriles is 1. The van der Waals surface area contributed by atoms with E-state index in [1.807, 2.05) is 22.9 Å². The molecule has 3 aromatic rings. The minimum atomic E-state index is -0.201. The highest BCUT2D eigenvalue weighted by molar-refractivity contribution is 6.30. The Morgan fingerprint density at radius 2 is 2.00 bits per heavy atom. The Hall–Kier alpha value is -3.44. The number of carbonyl (C=O) groups excluding carboxylic acids is 1. The topological polar surface area (TPSA) is 114 Å². The maximum Gasteiger partial charge on any atom is 0.264 e. The molecule has 0 radical (unpaired) electrons. The van der Waals surface area contributed by atoms with Crippen molar-refractivity contribution in [2.45, 2.75) is 31.7 Å². The van der Waals surface area contributed by atoms with Crippen LogP contribution in [0.1, 0.15) is 31.7 Å². The minimum Gasteiger partial charge on any atom is -0.383 e. The quantitative estimate of drug-likeness (QED) is 0.481. The highest BCUT2D eigenvalue weighted by Gasteiger charge is 2.31. The van der Waals surface area contributed by atoms with Crippen molar-refractivity contribution in [3.63, 3.8) is 0 Å². The third-order valence-corrected chi connectivity index (χ3v) is 6.29. The Labute approximate surface area is 190 Å². The molecule has 8 nitrogen and oxygen atoms in total. The standard InChI is InChI=1S/C23H22ClN7O/c24-17-7-5-15(6-8-17)20-19-21(26)27-13-28-22(19)31(29-20)18-2-1-9-30(12-18)23(32)16(11-25)10-14-3-4-14/h5-8,10,13-14,18H,1-4,9,12H2,(H2,26,27,28)/b16-10+. The average molecular weight is 448 g/mol. The van der Waals surface area contributed by atoms with Gasteiger partial charge in [-0.05, 0) is 43.7 Å². The second-order valence-electron chi connectivity index (χ2n) is 8.33. The maximum atomic E-state index is 13.0. The van der Waals surface area contributed by atoms with Crippen molar-refractivity contribution in [2.75, 3.05) is 18.8 Å². The van der Waals surface area contributed by atoms with E-state index in [1.54, 1.807) is 17.0 Å². The van der Waals surface area contributed by atoms with Crippen molar-refractivity contribution in [1.29, 1.82) is 5.26 Å². The van der Waals surface area contributed by atoms with Gasteiger partial charge in [0.25, 0.3) is 5.91 Å². The van der Waals surface area contributed by atoms with Crippen molar-refractivity contribution in [3.05, 3.63) is 47.3 Å². The van der Waals surface area contributed by atoms with Crippen molar-refractivity contribution in [2.24, 2.45) is 5.92 Å². The SMILES string of the molecule is N#C/C(=C\C1CC1)C(=O)N1CCCC(n2nc(-c3ccc(Cl)cc3)c3c(N)ncnc32)C1. The summed E-state index contributed by atoms with van der Waals surface area (Å²) in [6.07, 6.45) is 7.01. The molecule has 1 unspecified atom stereocenters. The number of nitrogens with zero attached hydrogens (tertiary/aromatic N) is 6. The van der Waals surface area contributed by atoms with Crippen LogP contribution in [-0.2, 0) is 4.79 Å². The van der Waals surface area contributed by atoms with E-state index in [1.165, 1.54) is 6.33 Å². The zero-order valence-corrected chi connectivity index (χ0v) is 18.2. The molecular formula is C23H22ClN7O. The number of likely N-dealkylation sites (tertiary alicyclic amines) is 1. The summed E-state index contributed by atoms with van der Waals surface area (Å²) in [5.74, 6) is 0.521. The maximum absolute atomic E-state index is 13.0. The van der Waals surface area contributed by atoms with E-state index in [9.17, 15) is 10.1 Å². The molecule has 2 aliphatic rings. The first kappa shape index (κ1) is 20.5. The molecule has 3 heterocycles. The lowest BCUT2D eigenvalue weighted by molar-refractivity contribution is -0.128. The molecule has 1 saturated heterocycles. The highest BCUT2D eigenvalue weighted by Crippen LogP contribution is 2.35. The van der Waals surface area contributed by atoms with Gasteiger partial charge in [-0.25, -0.2) is 14.6 Å². The van der Waals surface area contributed by atoms with E-state index in [0.29, 0.717) is 46.6 Å². The largest absolute Gasteiger partial charge is 0.383 e. The number of anilines is 1. The van der Waals surface area contributed by atoms with E-state index in [0.717, 1.165) is 31.2 Å². The zero-order valence-electron chi connectivity index (χ0n) is 17.4. The number of rotatable bonds is 4. The molecule has 2 fully saturated rings.